The summed E-state index contributed by atoms with van der Waals surface area (Å²) in [4.78, 5) is 26.4. The van der Waals surface area contributed by atoms with E-state index in [4.69, 9.17) is 0 Å². The average Bonchev–Trinajstić information content (AvgIpc) is 2.71. The topological polar surface area (TPSA) is 58.2 Å². The highest BCUT2D eigenvalue weighted by atomic mass is 16.2. The highest BCUT2D eigenvalue weighted by Gasteiger charge is 2.53. The molecule has 32 heavy (non-hydrogen) atoms. The second-order valence-electron chi connectivity index (χ2n) is 13.5. The number of rotatable bonds is 4. The first-order chi connectivity index (χ1) is 15.4. The van der Waals surface area contributed by atoms with Crippen LogP contribution in [-0.2, 0) is 9.59 Å². The van der Waals surface area contributed by atoms with Gasteiger partial charge in [0.2, 0.25) is 11.8 Å². The van der Waals surface area contributed by atoms with Crippen molar-refractivity contribution in [3.05, 3.63) is 11.6 Å². The van der Waals surface area contributed by atoms with Gasteiger partial charge in [0.1, 0.15) is 0 Å². The Kier molecular flexibility index (Phi) is 4.45. The van der Waals surface area contributed by atoms with Crippen LogP contribution in [0.3, 0.4) is 0 Å². The molecule has 0 saturated heterocycles. The normalized spacial score (nSPS) is 50.2. The zero-order chi connectivity index (χ0) is 21.5. The third kappa shape index (κ3) is 3.38. The molecule has 4 nitrogen and oxygen atoms in total. The number of hydrogen-bond acceptors (Lipinski definition) is 2. The van der Waals surface area contributed by atoms with Crippen LogP contribution in [-0.4, -0.2) is 22.9 Å². The minimum atomic E-state index is 0.0547. The summed E-state index contributed by atoms with van der Waals surface area (Å²) in [6.07, 6.45) is 20.1. The van der Waals surface area contributed by atoms with E-state index in [0.717, 1.165) is 60.3 Å². The summed E-state index contributed by atoms with van der Waals surface area (Å²) >= 11 is 0. The summed E-state index contributed by atoms with van der Waals surface area (Å²) < 4.78 is 0. The molecule has 1 unspecified atom stereocenters. The maximum atomic E-state index is 13.2. The average molecular weight is 437 g/mol. The zero-order valence-electron chi connectivity index (χ0n) is 19.5. The number of nitrogens with one attached hydrogen (secondary N) is 2. The largest absolute Gasteiger partial charge is 0.350 e. The van der Waals surface area contributed by atoms with Crippen molar-refractivity contribution in [2.45, 2.75) is 107 Å². The SMILES string of the molecule is O=C(NC12CC3CC(CC(C3)C1)C2)C1=CCC(C(=O)NC23CC4CC(CC(C4)C2)C3)CC1. The van der Waals surface area contributed by atoms with E-state index in [2.05, 4.69) is 16.7 Å². The van der Waals surface area contributed by atoms with Crippen LogP contribution in [0.2, 0.25) is 0 Å². The van der Waals surface area contributed by atoms with Crippen molar-refractivity contribution >= 4 is 11.8 Å². The van der Waals surface area contributed by atoms with Gasteiger partial charge in [-0.2, -0.15) is 0 Å². The molecule has 8 fully saturated rings. The van der Waals surface area contributed by atoms with Crippen LogP contribution >= 0.6 is 0 Å². The molecule has 1 atom stereocenters. The van der Waals surface area contributed by atoms with Gasteiger partial charge in [0.05, 0.1) is 0 Å². The first kappa shape index (κ1) is 20.1. The quantitative estimate of drug-likeness (QED) is 0.660. The number of allylic oxidation sites excluding steroid dienone is 1. The van der Waals surface area contributed by atoms with Gasteiger partial charge in [-0.15, -0.1) is 0 Å². The minimum Gasteiger partial charge on any atom is -0.350 e. The van der Waals surface area contributed by atoms with E-state index in [1.807, 2.05) is 0 Å². The zero-order valence-corrected chi connectivity index (χ0v) is 19.5. The molecule has 8 saturated carbocycles. The molecule has 0 heterocycles. The third-order valence-corrected chi connectivity index (χ3v) is 10.9. The van der Waals surface area contributed by atoms with Crippen molar-refractivity contribution in [2.75, 3.05) is 0 Å². The molecule has 0 aromatic carbocycles. The van der Waals surface area contributed by atoms with Gasteiger partial charge in [-0.25, -0.2) is 0 Å². The van der Waals surface area contributed by atoms with E-state index in [1.165, 1.54) is 77.0 Å². The van der Waals surface area contributed by atoms with Gasteiger partial charge in [-0.05, 0) is 132 Å². The van der Waals surface area contributed by atoms with Gasteiger partial charge in [0, 0.05) is 22.6 Å². The maximum absolute atomic E-state index is 13.2. The molecule has 4 heteroatoms. The molecule has 0 aliphatic heterocycles. The fraction of sp³-hybridized carbons (Fsp3) is 0.857. The second-order valence-corrected chi connectivity index (χ2v) is 13.5. The number of carbonyl (C=O) groups excluding carboxylic acids is 2. The van der Waals surface area contributed by atoms with Gasteiger partial charge >= 0.3 is 0 Å². The van der Waals surface area contributed by atoms with Crippen LogP contribution in [0.1, 0.15) is 96.3 Å². The van der Waals surface area contributed by atoms with Crippen molar-refractivity contribution in [2.24, 2.45) is 41.4 Å². The Morgan fingerprint density at radius 1 is 0.688 bits per heavy atom. The van der Waals surface area contributed by atoms with Crippen LogP contribution in [0.15, 0.2) is 11.6 Å². The summed E-state index contributed by atoms with van der Waals surface area (Å²) in [5.41, 5.74) is 1.13. The van der Waals surface area contributed by atoms with Gasteiger partial charge < -0.3 is 10.6 Å². The third-order valence-electron chi connectivity index (χ3n) is 10.9. The standard InChI is InChI=1S/C28H40N2O2/c31-25(29-27-11-17-5-18(12-27)7-19(6-17)13-27)23-1-2-24(4-3-23)26(32)30-28-14-20-8-21(15-28)10-22(9-20)16-28/h1,17-22,24H,2-16H2,(H,29,31)(H,30,32). The molecule has 9 aliphatic rings. The van der Waals surface area contributed by atoms with Crippen LogP contribution in [0.25, 0.3) is 0 Å². The molecule has 0 radical (unpaired) electrons. The monoisotopic (exact) mass is 436 g/mol. The Hall–Kier alpha value is -1.32. The summed E-state index contributed by atoms with van der Waals surface area (Å²) in [6.45, 7) is 0. The van der Waals surface area contributed by atoms with Crippen molar-refractivity contribution < 1.29 is 9.59 Å². The number of hydrogen-bond donors (Lipinski definition) is 2. The fourth-order valence-corrected chi connectivity index (χ4v) is 10.5. The van der Waals surface area contributed by atoms with Crippen molar-refractivity contribution in [3.63, 3.8) is 0 Å². The summed E-state index contributed by atoms with van der Waals surface area (Å²) in [6, 6.07) is 0. The van der Waals surface area contributed by atoms with E-state index in [1.54, 1.807) is 0 Å². The predicted molar refractivity (Wildman–Crippen MR) is 124 cm³/mol. The van der Waals surface area contributed by atoms with Gasteiger partial charge in [0.25, 0.3) is 0 Å². The first-order valence-corrected chi connectivity index (χ1v) is 13.8. The lowest BCUT2D eigenvalue weighted by molar-refractivity contribution is -0.131. The van der Waals surface area contributed by atoms with Crippen LogP contribution in [0.5, 0.6) is 0 Å². The molecule has 0 spiro atoms. The van der Waals surface area contributed by atoms with Gasteiger partial charge in [0.15, 0.2) is 0 Å². The number of carbonyl (C=O) groups is 2. The molecular formula is C28H40N2O2. The van der Waals surface area contributed by atoms with E-state index in [9.17, 15) is 9.59 Å². The molecule has 2 amide bonds. The minimum absolute atomic E-state index is 0.0547. The fourth-order valence-electron chi connectivity index (χ4n) is 10.5. The molecule has 8 bridgehead atoms. The van der Waals surface area contributed by atoms with Gasteiger partial charge in [-0.3, -0.25) is 9.59 Å². The molecular weight excluding hydrogens is 396 g/mol. The summed E-state index contributed by atoms with van der Waals surface area (Å²) in [5, 5.41) is 7.11. The van der Waals surface area contributed by atoms with Crippen molar-refractivity contribution in [3.8, 4) is 0 Å². The van der Waals surface area contributed by atoms with Crippen LogP contribution < -0.4 is 10.6 Å². The second kappa shape index (κ2) is 7.09. The molecule has 2 N–H and O–H groups in total. The molecule has 9 rings (SSSR count). The van der Waals surface area contributed by atoms with Crippen LogP contribution in [0.4, 0.5) is 0 Å². The lowest BCUT2D eigenvalue weighted by Gasteiger charge is -2.57. The van der Waals surface area contributed by atoms with E-state index in [0.29, 0.717) is 0 Å². The van der Waals surface area contributed by atoms with Crippen molar-refractivity contribution in [1.29, 1.82) is 0 Å². The Morgan fingerprint density at radius 2 is 1.12 bits per heavy atom. The summed E-state index contributed by atoms with van der Waals surface area (Å²) in [5.74, 6) is 5.60. The predicted octanol–water partition coefficient (Wildman–Crippen LogP) is 4.88. The Bertz CT molecular complexity index is 787. The number of amides is 2. The Labute approximate surface area is 192 Å². The van der Waals surface area contributed by atoms with Crippen LogP contribution in [0, 0.1) is 41.4 Å². The Morgan fingerprint density at radius 3 is 1.53 bits per heavy atom. The highest BCUT2D eigenvalue weighted by molar-refractivity contribution is 5.94. The maximum Gasteiger partial charge on any atom is 0.247 e. The molecule has 0 aromatic heterocycles. The molecule has 9 aliphatic carbocycles. The molecule has 0 aromatic rings. The highest BCUT2D eigenvalue weighted by Crippen LogP contribution is 2.57. The first-order valence-electron chi connectivity index (χ1n) is 13.8. The smallest absolute Gasteiger partial charge is 0.247 e. The Balaban J connectivity index is 0.975. The molecule has 174 valence electrons. The summed E-state index contributed by atoms with van der Waals surface area (Å²) in [7, 11) is 0. The van der Waals surface area contributed by atoms with E-state index in [-0.39, 0.29) is 28.8 Å². The lowest BCUT2D eigenvalue weighted by Crippen LogP contribution is -2.61. The lowest BCUT2D eigenvalue weighted by atomic mass is 9.53. The van der Waals surface area contributed by atoms with Crippen molar-refractivity contribution in [1.82, 2.24) is 10.6 Å². The van der Waals surface area contributed by atoms with E-state index < -0.39 is 0 Å². The van der Waals surface area contributed by atoms with E-state index >= 15 is 0 Å². The van der Waals surface area contributed by atoms with Gasteiger partial charge in [-0.1, -0.05) is 6.08 Å².